The molecule has 1 aromatic carbocycles. The summed E-state index contributed by atoms with van der Waals surface area (Å²) in [6.07, 6.45) is 1.43. The number of piperidine rings is 1. The smallest absolute Gasteiger partial charge is 0.309 e. The van der Waals surface area contributed by atoms with Crippen LogP contribution in [0.5, 0.6) is 5.75 Å². The second-order valence-electron chi connectivity index (χ2n) is 7.16. The van der Waals surface area contributed by atoms with Gasteiger partial charge in [0.05, 0.1) is 30.7 Å². The number of amides is 2. The summed E-state index contributed by atoms with van der Waals surface area (Å²) >= 11 is 0. The average molecular weight is 388 g/mol. The van der Waals surface area contributed by atoms with Crippen molar-refractivity contribution in [3.63, 3.8) is 0 Å². The first-order valence-electron chi connectivity index (χ1n) is 10.0. The van der Waals surface area contributed by atoms with E-state index in [0.717, 1.165) is 0 Å². The molecule has 0 unspecified atom stereocenters. The van der Waals surface area contributed by atoms with Gasteiger partial charge in [0.2, 0.25) is 11.8 Å². The van der Waals surface area contributed by atoms with Crippen LogP contribution in [0.1, 0.15) is 33.1 Å². The fraction of sp³-hybridized carbons (Fsp3) is 0.571. The van der Waals surface area contributed by atoms with E-state index in [0.29, 0.717) is 57.1 Å². The lowest BCUT2D eigenvalue weighted by atomic mass is 9.95. The summed E-state index contributed by atoms with van der Waals surface area (Å²) in [5.41, 5.74) is 0.714. The van der Waals surface area contributed by atoms with Gasteiger partial charge in [0.1, 0.15) is 5.75 Å². The van der Waals surface area contributed by atoms with E-state index in [9.17, 15) is 14.4 Å². The predicted octanol–water partition coefficient (Wildman–Crippen LogP) is 2.24. The first kappa shape index (κ1) is 20.2. The number of nitrogens with zero attached hydrogens (tertiary/aromatic N) is 2. The number of anilines is 1. The second kappa shape index (κ2) is 9.08. The molecule has 3 rings (SSSR count). The fourth-order valence-electron chi connectivity index (χ4n) is 3.92. The Kier molecular flexibility index (Phi) is 6.54. The van der Waals surface area contributed by atoms with Crippen molar-refractivity contribution in [3.05, 3.63) is 24.3 Å². The summed E-state index contributed by atoms with van der Waals surface area (Å²) in [5.74, 6) is -0.0879. The first-order chi connectivity index (χ1) is 13.5. The van der Waals surface area contributed by atoms with Crippen molar-refractivity contribution in [2.45, 2.75) is 33.1 Å². The van der Waals surface area contributed by atoms with E-state index < -0.39 is 0 Å². The Bertz CT molecular complexity index is 727. The highest BCUT2D eigenvalue weighted by molar-refractivity contribution is 6.01. The van der Waals surface area contributed by atoms with Crippen LogP contribution in [0.3, 0.4) is 0 Å². The maximum Gasteiger partial charge on any atom is 0.309 e. The number of rotatable bonds is 6. The lowest BCUT2D eigenvalue weighted by molar-refractivity contribution is -0.151. The van der Waals surface area contributed by atoms with Crippen LogP contribution in [0.4, 0.5) is 5.69 Å². The predicted molar refractivity (Wildman–Crippen MR) is 104 cm³/mol. The van der Waals surface area contributed by atoms with E-state index in [4.69, 9.17) is 9.47 Å². The molecule has 0 saturated carbocycles. The number of likely N-dealkylation sites (tertiary alicyclic amines) is 1. The molecule has 1 aromatic rings. The van der Waals surface area contributed by atoms with Crippen LogP contribution in [0, 0.1) is 11.8 Å². The standard InChI is InChI=1S/C21H28N2O5/c1-3-27-18-8-6-5-7-17(18)23-14-16(13-19(23)24)20(25)22-11-9-15(10-12-22)21(26)28-4-2/h5-8,15-16H,3-4,9-14H2,1-2H3/t16-/m1/s1. The number of hydrogen-bond donors (Lipinski definition) is 0. The lowest BCUT2D eigenvalue weighted by Gasteiger charge is -2.32. The van der Waals surface area contributed by atoms with Gasteiger partial charge >= 0.3 is 5.97 Å². The summed E-state index contributed by atoms with van der Waals surface area (Å²) in [7, 11) is 0. The zero-order chi connectivity index (χ0) is 20.1. The third kappa shape index (κ3) is 4.29. The molecule has 0 radical (unpaired) electrons. The van der Waals surface area contributed by atoms with Crippen LogP contribution < -0.4 is 9.64 Å². The molecule has 0 aromatic heterocycles. The summed E-state index contributed by atoms with van der Waals surface area (Å²) < 4.78 is 10.7. The van der Waals surface area contributed by atoms with Crippen molar-refractivity contribution in [1.82, 2.24) is 4.90 Å². The number of hydrogen-bond acceptors (Lipinski definition) is 5. The minimum atomic E-state index is -0.360. The maximum atomic E-state index is 12.9. The van der Waals surface area contributed by atoms with E-state index in [1.165, 1.54) is 0 Å². The van der Waals surface area contributed by atoms with Gasteiger partial charge in [-0.2, -0.15) is 0 Å². The van der Waals surface area contributed by atoms with Crippen LogP contribution in [-0.2, 0) is 19.1 Å². The quantitative estimate of drug-likeness (QED) is 0.699. The molecule has 2 amide bonds. The van der Waals surface area contributed by atoms with Crippen molar-refractivity contribution in [1.29, 1.82) is 0 Å². The highest BCUT2D eigenvalue weighted by Crippen LogP contribution is 2.34. The van der Waals surface area contributed by atoms with E-state index in [1.54, 1.807) is 16.7 Å². The Balaban J connectivity index is 1.61. The summed E-state index contributed by atoms with van der Waals surface area (Å²) in [6, 6.07) is 7.41. The molecule has 2 heterocycles. The number of esters is 1. The molecule has 2 aliphatic rings. The van der Waals surface area contributed by atoms with Crippen molar-refractivity contribution in [2.24, 2.45) is 11.8 Å². The summed E-state index contributed by atoms with van der Waals surface area (Å²) in [5, 5.41) is 0. The second-order valence-corrected chi connectivity index (χ2v) is 7.16. The van der Waals surface area contributed by atoms with Crippen molar-refractivity contribution >= 4 is 23.5 Å². The van der Waals surface area contributed by atoms with Gasteiger partial charge in [-0.1, -0.05) is 12.1 Å². The Morgan fingerprint density at radius 1 is 1.07 bits per heavy atom. The molecule has 152 valence electrons. The van der Waals surface area contributed by atoms with Crippen LogP contribution >= 0.6 is 0 Å². The lowest BCUT2D eigenvalue weighted by Crippen LogP contribution is -2.44. The molecule has 28 heavy (non-hydrogen) atoms. The van der Waals surface area contributed by atoms with Crippen LogP contribution in [-0.4, -0.2) is 55.5 Å². The molecule has 2 aliphatic heterocycles. The molecule has 2 fully saturated rings. The minimum absolute atomic E-state index is 0.00736. The molecule has 0 bridgehead atoms. The molecule has 0 N–H and O–H groups in total. The van der Waals surface area contributed by atoms with Crippen LogP contribution in [0.15, 0.2) is 24.3 Å². The molecule has 0 spiro atoms. The van der Waals surface area contributed by atoms with E-state index in [2.05, 4.69) is 0 Å². The van der Waals surface area contributed by atoms with Gasteiger partial charge in [0.15, 0.2) is 0 Å². The Labute approximate surface area is 165 Å². The zero-order valence-electron chi connectivity index (χ0n) is 16.6. The van der Waals surface area contributed by atoms with Crippen LogP contribution in [0.2, 0.25) is 0 Å². The number of benzene rings is 1. The van der Waals surface area contributed by atoms with Crippen molar-refractivity contribution < 1.29 is 23.9 Å². The van der Waals surface area contributed by atoms with Gasteiger partial charge in [-0.15, -0.1) is 0 Å². The molecule has 2 saturated heterocycles. The summed E-state index contributed by atoms with van der Waals surface area (Å²) in [6.45, 7) is 6.00. The monoisotopic (exact) mass is 388 g/mol. The normalized spacial score (nSPS) is 20.4. The van der Waals surface area contributed by atoms with Crippen LogP contribution in [0.25, 0.3) is 0 Å². The van der Waals surface area contributed by atoms with E-state index in [1.807, 2.05) is 31.2 Å². The molecular weight excluding hydrogens is 360 g/mol. The molecule has 0 aliphatic carbocycles. The molecule has 7 nitrogen and oxygen atoms in total. The van der Waals surface area contributed by atoms with Gasteiger partial charge in [-0.3, -0.25) is 14.4 Å². The first-order valence-corrected chi connectivity index (χ1v) is 10.0. The largest absolute Gasteiger partial charge is 0.492 e. The van der Waals surface area contributed by atoms with Gasteiger partial charge in [-0.05, 0) is 38.8 Å². The number of para-hydroxylation sites is 2. The average Bonchev–Trinajstić information content (AvgIpc) is 3.10. The number of carbonyl (C=O) groups excluding carboxylic acids is 3. The van der Waals surface area contributed by atoms with Gasteiger partial charge in [0.25, 0.3) is 0 Å². The number of carbonyl (C=O) groups is 3. The maximum absolute atomic E-state index is 12.9. The van der Waals surface area contributed by atoms with E-state index in [-0.39, 0.29) is 36.0 Å². The van der Waals surface area contributed by atoms with Crippen molar-refractivity contribution in [3.8, 4) is 5.75 Å². The highest BCUT2D eigenvalue weighted by atomic mass is 16.5. The number of ether oxygens (including phenoxy) is 2. The minimum Gasteiger partial charge on any atom is -0.492 e. The Hall–Kier alpha value is -2.57. The summed E-state index contributed by atoms with van der Waals surface area (Å²) in [4.78, 5) is 40.8. The Morgan fingerprint density at radius 3 is 2.46 bits per heavy atom. The SMILES string of the molecule is CCOC(=O)C1CCN(C(=O)[C@@H]2CC(=O)N(c3ccccc3OCC)C2)CC1. The molecule has 1 atom stereocenters. The van der Waals surface area contributed by atoms with Gasteiger partial charge < -0.3 is 19.3 Å². The highest BCUT2D eigenvalue weighted by Gasteiger charge is 2.39. The zero-order valence-corrected chi connectivity index (χ0v) is 16.6. The fourth-order valence-corrected chi connectivity index (χ4v) is 3.92. The third-order valence-corrected chi connectivity index (χ3v) is 5.36. The third-order valence-electron chi connectivity index (χ3n) is 5.36. The molecular formula is C21H28N2O5. The van der Waals surface area contributed by atoms with E-state index >= 15 is 0 Å². The molecule has 7 heteroatoms. The Morgan fingerprint density at radius 2 is 1.79 bits per heavy atom. The topological polar surface area (TPSA) is 76.2 Å². The van der Waals surface area contributed by atoms with Crippen molar-refractivity contribution in [2.75, 3.05) is 37.7 Å². The van der Waals surface area contributed by atoms with Gasteiger partial charge in [0, 0.05) is 26.1 Å². The van der Waals surface area contributed by atoms with Gasteiger partial charge in [-0.25, -0.2) is 0 Å².